The van der Waals surface area contributed by atoms with E-state index < -0.39 is 11.9 Å². The van der Waals surface area contributed by atoms with Gasteiger partial charge in [0.1, 0.15) is 11.9 Å². The van der Waals surface area contributed by atoms with Crippen LogP contribution in [0.1, 0.15) is 47.1 Å². The number of nitrogens with zero attached hydrogens (tertiary/aromatic N) is 2. The maximum absolute atomic E-state index is 11.8. The zero-order valence-corrected chi connectivity index (χ0v) is 38.7. The zero-order chi connectivity index (χ0) is 46.3. The van der Waals surface area contributed by atoms with Crippen LogP contribution in [0.2, 0.25) is 5.02 Å². The summed E-state index contributed by atoms with van der Waals surface area (Å²) in [4.78, 5) is 28.0. The van der Waals surface area contributed by atoms with Gasteiger partial charge in [0.25, 0.3) is 0 Å². The van der Waals surface area contributed by atoms with E-state index in [-0.39, 0.29) is 17.9 Å². The number of hydrogen-bond acceptors (Lipinski definition) is 6. The first-order valence-corrected chi connectivity index (χ1v) is 22.7. The highest BCUT2D eigenvalue weighted by Gasteiger charge is 2.29. The average molecular weight is 910 g/mol. The first-order chi connectivity index (χ1) is 32.0. The molecule has 0 aromatic heterocycles. The fourth-order valence-corrected chi connectivity index (χ4v) is 8.86. The Bertz CT molecular complexity index is 2880. The number of halogens is 2. The second kappa shape index (κ2) is 20.4. The van der Waals surface area contributed by atoms with E-state index in [1.807, 2.05) is 24.3 Å². The van der Waals surface area contributed by atoms with Gasteiger partial charge in [-0.05, 0) is 120 Å². The van der Waals surface area contributed by atoms with Gasteiger partial charge in [0.15, 0.2) is 0 Å². The predicted molar refractivity (Wildman–Crippen MR) is 272 cm³/mol. The standard InChI is InChI=1S/C58H50Cl2N2O4/c1-6-56(63)65-50-29-18-44(19-30-50)42-14-25-48(26-15-42)62(49-27-16-43(17-28-49)45-20-31-51(32-21-45)66-57(64)7-2)54-34-22-46(36-53(54)59)52-33-35-55(58(60)40(52)5)61(47-23-10-39(4)11-24-47)37-41-12-8-38(3)9-13-41/h6-31,33-36,40,51-52H,1-2,32,37H2,3-5H3. The molecule has 0 amide bonds. The summed E-state index contributed by atoms with van der Waals surface area (Å²) in [6.07, 6.45) is 12.9. The van der Waals surface area contributed by atoms with Crippen LogP contribution in [0.4, 0.5) is 22.7 Å². The fourth-order valence-electron chi connectivity index (χ4n) is 8.28. The molecule has 3 atom stereocenters. The van der Waals surface area contributed by atoms with Crippen molar-refractivity contribution >= 4 is 63.5 Å². The molecule has 8 heteroatoms. The Morgan fingerprint density at radius 2 is 1.26 bits per heavy atom. The Hall–Kier alpha value is -7.12. The molecule has 0 saturated carbocycles. The minimum atomic E-state index is -0.506. The SMILES string of the molecule is C=CC(=O)Oc1ccc(-c2ccc(N(c3ccc(C4=CCC(OC(=O)C=C)C=C4)cc3)c3ccc(C4C=CC(N(Cc5ccc(C)cc5)c5ccc(C)cc5)=C(Cl)C4C)cc3Cl)cc2)cc1. The van der Waals surface area contributed by atoms with E-state index in [2.05, 4.69) is 177 Å². The van der Waals surface area contributed by atoms with Gasteiger partial charge >= 0.3 is 11.9 Å². The Morgan fingerprint density at radius 3 is 1.83 bits per heavy atom. The van der Waals surface area contributed by atoms with Crippen molar-refractivity contribution in [2.45, 2.75) is 45.8 Å². The molecule has 8 rings (SSSR count). The van der Waals surface area contributed by atoms with Crippen molar-refractivity contribution in [1.82, 2.24) is 0 Å². The maximum Gasteiger partial charge on any atom is 0.335 e. The fraction of sp³-hybridized carbons (Fsp3) is 0.138. The van der Waals surface area contributed by atoms with Crippen molar-refractivity contribution in [3.63, 3.8) is 0 Å². The number of carbonyl (C=O) groups is 2. The van der Waals surface area contributed by atoms with E-state index in [0.717, 1.165) is 67.4 Å². The number of hydrogen-bond donors (Lipinski definition) is 0. The van der Waals surface area contributed by atoms with Crippen LogP contribution in [0.15, 0.2) is 206 Å². The lowest BCUT2D eigenvalue weighted by molar-refractivity contribution is -0.140. The number of carbonyl (C=O) groups excluding carboxylic acids is 2. The van der Waals surface area contributed by atoms with E-state index in [1.165, 1.54) is 22.8 Å². The smallest absolute Gasteiger partial charge is 0.335 e. The number of benzene rings is 6. The van der Waals surface area contributed by atoms with Crippen LogP contribution in [0.25, 0.3) is 16.7 Å². The third kappa shape index (κ3) is 10.4. The van der Waals surface area contributed by atoms with Gasteiger partial charge in [0, 0.05) is 59.0 Å². The van der Waals surface area contributed by atoms with Gasteiger partial charge in [-0.3, -0.25) is 0 Å². The van der Waals surface area contributed by atoms with E-state index in [4.69, 9.17) is 32.7 Å². The summed E-state index contributed by atoms with van der Waals surface area (Å²) in [5.41, 5.74) is 13.4. The Labute approximate surface area is 397 Å². The summed E-state index contributed by atoms with van der Waals surface area (Å²) in [5, 5.41) is 1.39. The highest BCUT2D eigenvalue weighted by atomic mass is 35.5. The summed E-state index contributed by atoms with van der Waals surface area (Å²) in [6, 6.07) is 47.5. The molecule has 0 heterocycles. The highest BCUT2D eigenvalue weighted by Crippen LogP contribution is 2.45. The third-order valence-electron chi connectivity index (χ3n) is 12.0. The van der Waals surface area contributed by atoms with Crippen molar-refractivity contribution < 1.29 is 19.1 Å². The van der Waals surface area contributed by atoms with Crippen molar-refractivity contribution in [1.29, 1.82) is 0 Å². The molecule has 0 aliphatic heterocycles. The lowest BCUT2D eigenvalue weighted by Crippen LogP contribution is -2.26. The monoisotopic (exact) mass is 908 g/mol. The molecule has 2 aliphatic rings. The first-order valence-electron chi connectivity index (χ1n) is 21.9. The van der Waals surface area contributed by atoms with E-state index in [9.17, 15) is 9.59 Å². The minimum absolute atomic E-state index is 0.0116. The highest BCUT2D eigenvalue weighted by molar-refractivity contribution is 6.33. The lowest BCUT2D eigenvalue weighted by atomic mass is 9.82. The Morgan fingerprint density at radius 1 is 0.682 bits per heavy atom. The normalized spacial score (nSPS) is 16.6. The molecule has 0 spiro atoms. The summed E-state index contributed by atoms with van der Waals surface area (Å²) in [6.45, 7) is 14.0. The molecule has 6 aromatic carbocycles. The van der Waals surface area contributed by atoms with Crippen molar-refractivity contribution in [2.24, 2.45) is 5.92 Å². The number of rotatable bonds is 14. The Kier molecular flexibility index (Phi) is 14.0. The molecular formula is C58H50Cl2N2O4. The summed E-state index contributed by atoms with van der Waals surface area (Å²) >= 11 is 14.8. The summed E-state index contributed by atoms with van der Waals surface area (Å²) in [5.74, 6) is -0.533. The molecule has 3 unspecified atom stereocenters. The first kappa shape index (κ1) is 45.4. The van der Waals surface area contributed by atoms with Gasteiger partial charge in [-0.15, -0.1) is 0 Å². The van der Waals surface area contributed by atoms with Crippen molar-refractivity contribution in [3.05, 3.63) is 239 Å². The second-order valence-corrected chi connectivity index (χ2v) is 17.4. The van der Waals surface area contributed by atoms with Crippen molar-refractivity contribution in [3.8, 4) is 16.9 Å². The molecular weight excluding hydrogens is 860 g/mol. The molecule has 2 aliphatic carbocycles. The number of ether oxygens (including phenoxy) is 2. The quantitative estimate of drug-likeness (QED) is 0.0616. The lowest BCUT2D eigenvalue weighted by Gasteiger charge is -2.34. The van der Waals surface area contributed by atoms with Gasteiger partial charge < -0.3 is 19.3 Å². The van der Waals surface area contributed by atoms with Crippen LogP contribution in [0.5, 0.6) is 5.75 Å². The summed E-state index contributed by atoms with van der Waals surface area (Å²) < 4.78 is 10.7. The number of anilines is 4. The second-order valence-electron chi connectivity index (χ2n) is 16.5. The van der Waals surface area contributed by atoms with Gasteiger partial charge in [0.05, 0.1) is 16.4 Å². The van der Waals surface area contributed by atoms with Crippen molar-refractivity contribution in [2.75, 3.05) is 9.80 Å². The molecule has 66 heavy (non-hydrogen) atoms. The molecule has 0 fully saturated rings. The van der Waals surface area contributed by atoms with Gasteiger partial charge in [-0.1, -0.05) is 152 Å². The minimum Gasteiger partial charge on any atom is -0.455 e. The summed E-state index contributed by atoms with van der Waals surface area (Å²) in [7, 11) is 0. The largest absolute Gasteiger partial charge is 0.455 e. The molecule has 0 saturated heterocycles. The van der Waals surface area contributed by atoms with Crippen LogP contribution in [-0.2, 0) is 20.9 Å². The molecule has 0 N–H and O–H groups in total. The van der Waals surface area contributed by atoms with E-state index in [0.29, 0.717) is 23.7 Å². The van der Waals surface area contributed by atoms with Gasteiger partial charge in [-0.2, -0.15) is 0 Å². The maximum atomic E-state index is 11.8. The van der Waals surface area contributed by atoms with Gasteiger partial charge in [0.2, 0.25) is 0 Å². The van der Waals surface area contributed by atoms with E-state index in [1.54, 1.807) is 12.1 Å². The van der Waals surface area contributed by atoms with Crippen LogP contribution in [0.3, 0.4) is 0 Å². The van der Waals surface area contributed by atoms with Crippen LogP contribution < -0.4 is 14.5 Å². The van der Waals surface area contributed by atoms with Crippen LogP contribution in [-0.4, -0.2) is 18.0 Å². The predicted octanol–water partition coefficient (Wildman–Crippen LogP) is 15.1. The van der Waals surface area contributed by atoms with E-state index >= 15 is 0 Å². The molecule has 6 aromatic rings. The number of esters is 2. The van der Waals surface area contributed by atoms with Gasteiger partial charge in [-0.25, -0.2) is 9.59 Å². The number of aryl methyl sites for hydroxylation is 2. The average Bonchev–Trinajstić information content (AvgIpc) is 3.34. The third-order valence-corrected chi connectivity index (χ3v) is 12.8. The topological polar surface area (TPSA) is 59.1 Å². The molecule has 330 valence electrons. The van der Waals surface area contributed by atoms with Crippen LogP contribution in [0, 0.1) is 19.8 Å². The van der Waals surface area contributed by atoms with Crippen LogP contribution >= 0.6 is 23.2 Å². The molecule has 0 radical (unpaired) electrons. The number of allylic oxidation sites excluding steroid dienone is 5. The zero-order valence-electron chi connectivity index (χ0n) is 37.2. The molecule has 6 nitrogen and oxygen atoms in total. The Balaban J connectivity index is 1.09. The molecule has 0 bridgehead atoms.